The number of aromatic nitrogens is 3. The van der Waals surface area contributed by atoms with Gasteiger partial charge in [-0.2, -0.15) is 15.0 Å². The second-order valence-corrected chi connectivity index (χ2v) is 5.23. The van der Waals surface area contributed by atoms with Gasteiger partial charge in [0.1, 0.15) is 0 Å². The zero-order chi connectivity index (χ0) is 13.0. The molecule has 1 aromatic heterocycles. The molecule has 5 nitrogen and oxygen atoms in total. The van der Waals surface area contributed by atoms with Crippen molar-refractivity contribution >= 4 is 17.5 Å². The van der Waals surface area contributed by atoms with Crippen molar-refractivity contribution in [1.82, 2.24) is 15.0 Å². The van der Waals surface area contributed by atoms with Gasteiger partial charge in [0.05, 0.1) is 6.61 Å². The van der Waals surface area contributed by atoms with Gasteiger partial charge in [-0.15, -0.1) is 0 Å². The van der Waals surface area contributed by atoms with Gasteiger partial charge in [0, 0.05) is 14.1 Å². The number of hydrogen-bond acceptors (Lipinski definition) is 5. The number of halogens is 1. The van der Waals surface area contributed by atoms with E-state index in [1.165, 1.54) is 32.1 Å². The van der Waals surface area contributed by atoms with E-state index in [1.807, 2.05) is 14.1 Å². The van der Waals surface area contributed by atoms with Gasteiger partial charge in [0.2, 0.25) is 11.2 Å². The summed E-state index contributed by atoms with van der Waals surface area (Å²) in [5, 5.41) is 0.173. The van der Waals surface area contributed by atoms with Gasteiger partial charge in [-0.25, -0.2) is 0 Å². The lowest BCUT2D eigenvalue weighted by Gasteiger charge is -2.21. The molecule has 0 unspecified atom stereocenters. The summed E-state index contributed by atoms with van der Waals surface area (Å²) in [7, 11) is 3.72. The molecule has 1 fully saturated rings. The third-order valence-corrected chi connectivity index (χ3v) is 3.32. The highest BCUT2D eigenvalue weighted by Gasteiger charge is 2.15. The van der Waals surface area contributed by atoms with Crippen molar-refractivity contribution in [3.05, 3.63) is 5.28 Å². The molecule has 0 amide bonds. The van der Waals surface area contributed by atoms with Gasteiger partial charge in [0.25, 0.3) is 0 Å². The fraction of sp³-hybridized carbons (Fsp3) is 0.750. The Labute approximate surface area is 113 Å². The fourth-order valence-corrected chi connectivity index (χ4v) is 2.28. The van der Waals surface area contributed by atoms with Crippen LogP contribution in [0.3, 0.4) is 0 Å². The maximum atomic E-state index is 5.85. The van der Waals surface area contributed by atoms with E-state index in [0.29, 0.717) is 24.5 Å². The highest BCUT2D eigenvalue weighted by Crippen LogP contribution is 2.24. The van der Waals surface area contributed by atoms with E-state index in [-0.39, 0.29) is 5.28 Å². The number of nitrogens with zero attached hydrogens (tertiary/aromatic N) is 4. The van der Waals surface area contributed by atoms with Crippen LogP contribution in [0.25, 0.3) is 0 Å². The Balaban J connectivity index is 1.95. The summed E-state index contributed by atoms with van der Waals surface area (Å²) in [4.78, 5) is 14.0. The first-order valence-electron chi connectivity index (χ1n) is 6.37. The average Bonchev–Trinajstić information content (AvgIpc) is 2.37. The SMILES string of the molecule is CN(C)c1nc(Cl)nc(OCC2CCCCC2)n1. The van der Waals surface area contributed by atoms with Crippen LogP contribution < -0.4 is 9.64 Å². The molecule has 0 spiro atoms. The predicted molar refractivity (Wildman–Crippen MR) is 71.2 cm³/mol. The standard InChI is InChI=1S/C12H19ClN4O/c1-17(2)11-14-10(13)15-12(16-11)18-8-9-6-4-3-5-7-9/h9H,3-8H2,1-2H3. The molecule has 1 aromatic rings. The normalized spacial score (nSPS) is 16.6. The molecule has 1 aliphatic carbocycles. The Morgan fingerprint density at radius 1 is 1.17 bits per heavy atom. The topological polar surface area (TPSA) is 51.1 Å². The van der Waals surface area contributed by atoms with Crippen LogP contribution in [0, 0.1) is 5.92 Å². The Morgan fingerprint density at radius 2 is 1.89 bits per heavy atom. The second-order valence-electron chi connectivity index (χ2n) is 4.90. The molecule has 2 rings (SSSR count). The van der Waals surface area contributed by atoms with E-state index in [4.69, 9.17) is 16.3 Å². The van der Waals surface area contributed by atoms with Gasteiger partial charge in [0.15, 0.2) is 0 Å². The molecule has 100 valence electrons. The minimum Gasteiger partial charge on any atom is -0.463 e. The van der Waals surface area contributed by atoms with Crippen LogP contribution >= 0.6 is 11.6 Å². The molecule has 0 saturated heterocycles. The highest BCUT2D eigenvalue weighted by atomic mass is 35.5. The van der Waals surface area contributed by atoms with Crippen LogP contribution in [0.1, 0.15) is 32.1 Å². The Hall–Kier alpha value is -1.10. The van der Waals surface area contributed by atoms with Crippen LogP contribution in [-0.4, -0.2) is 35.7 Å². The van der Waals surface area contributed by atoms with E-state index >= 15 is 0 Å². The molecule has 1 aliphatic rings. The first-order valence-corrected chi connectivity index (χ1v) is 6.74. The molecule has 6 heteroatoms. The molecule has 0 aromatic carbocycles. The summed E-state index contributed by atoms with van der Waals surface area (Å²) >= 11 is 5.85. The van der Waals surface area contributed by atoms with Crippen LogP contribution in [0.2, 0.25) is 5.28 Å². The largest absolute Gasteiger partial charge is 0.463 e. The van der Waals surface area contributed by atoms with Crippen molar-refractivity contribution in [2.45, 2.75) is 32.1 Å². The van der Waals surface area contributed by atoms with Gasteiger partial charge >= 0.3 is 6.01 Å². The monoisotopic (exact) mass is 270 g/mol. The number of hydrogen-bond donors (Lipinski definition) is 0. The van der Waals surface area contributed by atoms with Gasteiger partial charge in [-0.3, -0.25) is 0 Å². The van der Waals surface area contributed by atoms with Crippen LogP contribution in [0.4, 0.5) is 5.95 Å². The summed E-state index contributed by atoms with van der Waals surface area (Å²) in [6.45, 7) is 0.674. The smallest absolute Gasteiger partial charge is 0.322 e. The molecule has 0 atom stereocenters. The maximum Gasteiger partial charge on any atom is 0.322 e. The number of rotatable bonds is 4. The number of anilines is 1. The summed E-state index contributed by atoms with van der Waals surface area (Å²) in [6.07, 6.45) is 6.42. The van der Waals surface area contributed by atoms with Gasteiger partial charge < -0.3 is 9.64 Å². The molecular formula is C12H19ClN4O. The molecule has 0 N–H and O–H groups in total. The first-order chi connectivity index (χ1) is 8.65. The average molecular weight is 271 g/mol. The van der Waals surface area contributed by atoms with Gasteiger partial charge in [-0.05, 0) is 30.4 Å². The van der Waals surface area contributed by atoms with E-state index in [2.05, 4.69) is 15.0 Å². The maximum absolute atomic E-state index is 5.85. The minimum atomic E-state index is 0.173. The summed E-state index contributed by atoms with van der Waals surface area (Å²) in [5.74, 6) is 1.14. The summed E-state index contributed by atoms with van der Waals surface area (Å²) in [6, 6.07) is 0.323. The van der Waals surface area contributed by atoms with Crippen molar-refractivity contribution < 1.29 is 4.74 Å². The molecule has 1 heterocycles. The molecule has 1 saturated carbocycles. The zero-order valence-corrected chi connectivity index (χ0v) is 11.7. The lowest BCUT2D eigenvalue weighted by molar-refractivity contribution is 0.196. The Kier molecular flexibility index (Phi) is 4.58. The number of ether oxygens (including phenoxy) is 1. The van der Waals surface area contributed by atoms with Crippen LogP contribution in [0.15, 0.2) is 0 Å². The van der Waals surface area contributed by atoms with Crippen molar-refractivity contribution in [3.63, 3.8) is 0 Å². The fourth-order valence-electron chi connectivity index (χ4n) is 2.13. The molecular weight excluding hydrogens is 252 g/mol. The van der Waals surface area contributed by atoms with Crippen LogP contribution in [0.5, 0.6) is 6.01 Å². The lowest BCUT2D eigenvalue weighted by atomic mass is 9.90. The summed E-state index contributed by atoms with van der Waals surface area (Å²) in [5.41, 5.74) is 0. The third-order valence-electron chi connectivity index (χ3n) is 3.15. The van der Waals surface area contributed by atoms with Crippen molar-refractivity contribution in [3.8, 4) is 6.01 Å². The third kappa shape index (κ3) is 3.70. The van der Waals surface area contributed by atoms with Crippen molar-refractivity contribution in [1.29, 1.82) is 0 Å². The van der Waals surface area contributed by atoms with Crippen LogP contribution in [-0.2, 0) is 0 Å². The quantitative estimate of drug-likeness (QED) is 0.842. The Bertz CT molecular complexity index is 394. The summed E-state index contributed by atoms with van der Waals surface area (Å²) < 4.78 is 5.64. The molecule has 0 bridgehead atoms. The van der Waals surface area contributed by atoms with E-state index in [0.717, 1.165) is 0 Å². The zero-order valence-electron chi connectivity index (χ0n) is 10.9. The van der Waals surface area contributed by atoms with E-state index in [9.17, 15) is 0 Å². The van der Waals surface area contributed by atoms with Crippen molar-refractivity contribution in [2.24, 2.45) is 5.92 Å². The Morgan fingerprint density at radius 3 is 2.56 bits per heavy atom. The molecule has 0 radical (unpaired) electrons. The second kappa shape index (κ2) is 6.18. The van der Waals surface area contributed by atoms with Crippen molar-refractivity contribution in [2.75, 3.05) is 25.6 Å². The van der Waals surface area contributed by atoms with E-state index < -0.39 is 0 Å². The van der Waals surface area contributed by atoms with E-state index in [1.54, 1.807) is 4.90 Å². The lowest BCUT2D eigenvalue weighted by Crippen LogP contribution is -2.18. The first kappa shape index (κ1) is 13.3. The predicted octanol–water partition coefficient (Wildman–Crippen LogP) is 2.55. The minimum absolute atomic E-state index is 0.173. The highest BCUT2D eigenvalue weighted by molar-refractivity contribution is 6.28. The molecule has 0 aliphatic heterocycles. The molecule has 18 heavy (non-hydrogen) atoms. The van der Waals surface area contributed by atoms with Gasteiger partial charge in [-0.1, -0.05) is 19.3 Å².